The van der Waals surface area contributed by atoms with Crippen LogP contribution in [0.3, 0.4) is 0 Å². The van der Waals surface area contributed by atoms with Crippen LogP contribution in [0.1, 0.15) is 20.8 Å². The second-order valence-corrected chi connectivity index (χ2v) is 9.17. The molecule has 0 fully saturated rings. The number of fused-ring (bicyclic) bond motifs is 1. The molecule has 0 atom stereocenters. The van der Waals surface area contributed by atoms with Gasteiger partial charge in [-0.3, -0.25) is 19.0 Å². The van der Waals surface area contributed by atoms with E-state index in [1.807, 2.05) is 31.2 Å². The lowest BCUT2D eigenvalue weighted by atomic mass is 10.2. The molecular formula is C23H18Cl2N4O3S. The van der Waals surface area contributed by atoms with Crippen molar-refractivity contribution in [3.05, 3.63) is 85.2 Å². The van der Waals surface area contributed by atoms with Crippen molar-refractivity contribution < 1.29 is 9.59 Å². The van der Waals surface area contributed by atoms with Crippen molar-refractivity contribution in [2.75, 3.05) is 10.6 Å². The number of benzene rings is 2. The van der Waals surface area contributed by atoms with Crippen molar-refractivity contribution in [2.45, 2.75) is 20.4 Å². The molecule has 168 valence electrons. The number of hydrogen-bond acceptors (Lipinski definition) is 5. The number of carbonyl (C=O) groups excluding carboxylic acids is 2. The van der Waals surface area contributed by atoms with Gasteiger partial charge in [0.15, 0.2) is 0 Å². The molecule has 0 aliphatic rings. The summed E-state index contributed by atoms with van der Waals surface area (Å²) in [6.45, 7) is 3.35. The number of anilines is 2. The lowest BCUT2D eigenvalue weighted by molar-refractivity contribution is -0.116. The normalized spacial score (nSPS) is 10.9. The van der Waals surface area contributed by atoms with Crippen molar-refractivity contribution in [1.29, 1.82) is 0 Å². The average Bonchev–Trinajstić information content (AvgIpc) is 3.11. The Balaban J connectivity index is 1.58. The molecule has 0 saturated heterocycles. The van der Waals surface area contributed by atoms with Crippen molar-refractivity contribution in [2.24, 2.45) is 0 Å². The molecule has 4 aromatic rings. The van der Waals surface area contributed by atoms with Crippen LogP contribution in [0.2, 0.25) is 10.0 Å². The van der Waals surface area contributed by atoms with Crippen LogP contribution in [-0.4, -0.2) is 21.4 Å². The minimum absolute atomic E-state index is 0.248. The number of aryl methyl sites for hydroxylation is 2. The molecule has 2 aromatic carbocycles. The van der Waals surface area contributed by atoms with E-state index >= 15 is 0 Å². The van der Waals surface area contributed by atoms with Gasteiger partial charge in [-0.15, -0.1) is 11.3 Å². The first-order chi connectivity index (χ1) is 15.7. The first-order valence-electron chi connectivity index (χ1n) is 9.85. The molecule has 4 rings (SSSR count). The van der Waals surface area contributed by atoms with Crippen molar-refractivity contribution in [1.82, 2.24) is 9.55 Å². The third kappa shape index (κ3) is 4.78. The zero-order chi connectivity index (χ0) is 23.7. The van der Waals surface area contributed by atoms with Crippen molar-refractivity contribution in [3.63, 3.8) is 0 Å². The Labute approximate surface area is 203 Å². The summed E-state index contributed by atoms with van der Waals surface area (Å²) < 4.78 is 1.21. The van der Waals surface area contributed by atoms with Crippen molar-refractivity contribution >= 4 is 67.9 Å². The van der Waals surface area contributed by atoms with Gasteiger partial charge in [-0.05, 0) is 49.2 Å². The Morgan fingerprint density at radius 3 is 2.55 bits per heavy atom. The number of nitrogens with one attached hydrogen (secondary N) is 2. The van der Waals surface area contributed by atoms with Gasteiger partial charge in [-0.2, -0.15) is 0 Å². The molecule has 2 N–H and O–H groups in total. The largest absolute Gasteiger partial charge is 0.324 e. The summed E-state index contributed by atoms with van der Waals surface area (Å²) in [4.78, 5) is 43.5. The summed E-state index contributed by atoms with van der Waals surface area (Å²) in [6, 6.07) is 12.1. The second kappa shape index (κ2) is 9.35. The molecule has 10 heteroatoms. The number of nitrogens with zero attached hydrogens (tertiary/aromatic N) is 2. The van der Waals surface area contributed by atoms with Crippen LogP contribution in [0.25, 0.3) is 10.2 Å². The summed E-state index contributed by atoms with van der Waals surface area (Å²) in [7, 11) is 0. The number of amides is 2. The molecule has 2 heterocycles. The van der Waals surface area contributed by atoms with Gasteiger partial charge >= 0.3 is 0 Å². The fourth-order valence-corrected chi connectivity index (χ4v) is 4.64. The fraction of sp³-hybridized carbons (Fsp3) is 0.130. The summed E-state index contributed by atoms with van der Waals surface area (Å²) in [5.41, 5.74) is 2.21. The predicted octanol–water partition coefficient (Wildman–Crippen LogP) is 5.27. The van der Waals surface area contributed by atoms with E-state index in [1.54, 1.807) is 19.1 Å². The van der Waals surface area contributed by atoms with Gasteiger partial charge in [0, 0.05) is 11.4 Å². The Kier molecular flexibility index (Phi) is 6.51. The van der Waals surface area contributed by atoms with E-state index in [2.05, 4.69) is 15.6 Å². The number of carbonyl (C=O) groups is 2. The third-order valence-electron chi connectivity index (χ3n) is 5.03. The van der Waals surface area contributed by atoms with Crippen LogP contribution < -0.4 is 16.2 Å². The SMILES string of the molecule is Cc1ccccc1NC(=O)c1sc2ncn(CC(=O)Nc3ccc(Cl)c(Cl)c3)c(=O)c2c1C. The second-order valence-electron chi connectivity index (χ2n) is 7.36. The monoisotopic (exact) mass is 500 g/mol. The highest BCUT2D eigenvalue weighted by Gasteiger charge is 2.20. The Morgan fingerprint density at radius 1 is 1.06 bits per heavy atom. The maximum absolute atomic E-state index is 13.1. The quantitative estimate of drug-likeness (QED) is 0.390. The third-order valence-corrected chi connectivity index (χ3v) is 6.97. The smallest absolute Gasteiger partial charge is 0.266 e. The van der Waals surface area contributed by atoms with Gasteiger partial charge in [0.2, 0.25) is 5.91 Å². The molecule has 0 unspecified atom stereocenters. The number of thiophene rings is 1. The van der Waals surface area contributed by atoms with Gasteiger partial charge < -0.3 is 10.6 Å². The molecule has 0 aliphatic heterocycles. The first kappa shape index (κ1) is 23.0. The maximum atomic E-state index is 13.1. The molecular weight excluding hydrogens is 483 g/mol. The van der Waals surface area contributed by atoms with Gasteiger partial charge in [0.05, 0.1) is 26.6 Å². The van der Waals surface area contributed by atoms with E-state index in [0.717, 1.165) is 16.9 Å². The highest BCUT2D eigenvalue weighted by molar-refractivity contribution is 7.20. The molecule has 0 saturated carbocycles. The lowest BCUT2D eigenvalue weighted by Gasteiger charge is -2.08. The molecule has 2 aromatic heterocycles. The number of halogens is 2. The summed E-state index contributed by atoms with van der Waals surface area (Å²) in [6.07, 6.45) is 1.30. The number of hydrogen-bond donors (Lipinski definition) is 2. The van der Waals surface area contributed by atoms with E-state index < -0.39 is 11.5 Å². The van der Waals surface area contributed by atoms with Crippen LogP contribution in [0.15, 0.2) is 53.6 Å². The minimum atomic E-state index is -0.429. The van der Waals surface area contributed by atoms with Crippen LogP contribution in [0.4, 0.5) is 11.4 Å². The minimum Gasteiger partial charge on any atom is -0.324 e. The molecule has 0 aliphatic carbocycles. The molecule has 33 heavy (non-hydrogen) atoms. The molecule has 0 spiro atoms. The number of rotatable bonds is 5. The van der Waals surface area contributed by atoms with Crippen LogP contribution in [0.5, 0.6) is 0 Å². The van der Waals surface area contributed by atoms with Gasteiger partial charge in [0.25, 0.3) is 11.5 Å². The predicted molar refractivity (Wildman–Crippen MR) is 133 cm³/mol. The van der Waals surface area contributed by atoms with Crippen LogP contribution in [0, 0.1) is 13.8 Å². The summed E-state index contributed by atoms with van der Waals surface area (Å²) in [5, 5.41) is 6.55. The van der Waals surface area contributed by atoms with Crippen molar-refractivity contribution in [3.8, 4) is 0 Å². The summed E-state index contributed by atoms with van der Waals surface area (Å²) in [5.74, 6) is -0.741. The average molecular weight is 501 g/mol. The zero-order valence-corrected chi connectivity index (χ0v) is 19.9. The van der Waals surface area contributed by atoms with E-state index in [9.17, 15) is 14.4 Å². The van der Waals surface area contributed by atoms with E-state index in [1.165, 1.54) is 17.0 Å². The van der Waals surface area contributed by atoms with Gasteiger partial charge in [-0.1, -0.05) is 41.4 Å². The van der Waals surface area contributed by atoms with E-state index in [-0.39, 0.29) is 12.5 Å². The fourth-order valence-electron chi connectivity index (χ4n) is 3.31. The van der Waals surface area contributed by atoms with E-state index in [0.29, 0.717) is 42.1 Å². The zero-order valence-electron chi connectivity index (χ0n) is 17.6. The molecule has 2 amide bonds. The Bertz CT molecular complexity index is 1460. The number of para-hydroxylation sites is 1. The highest BCUT2D eigenvalue weighted by Crippen LogP contribution is 2.28. The topological polar surface area (TPSA) is 93.1 Å². The molecule has 0 radical (unpaired) electrons. The van der Waals surface area contributed by atoms with Gasteiger partial charge in [0.1, 0.15) is 11.4 Å². The molecule has 7 nitrogen and oxygen atoms in total. The standard InChI is InChI=1S/C23H18Cl2N4O3S/c1-12-5-3-4-6-17(12)28-21(31)20-13(2)19-22(33-20)26-11-29(23(19)32)10-18(30)27-14-7-8-15(24)16(25)9-14/h3-9,11H,10H2,1-2H3,(H,27,30)(H,28,31). The maximum Gasteiger partial charge on any atom is 0.266 e. The lowest BCUT2D eigenvalue weighted by Crippen LogP contribution is -2.28. The number of aromatic nitrogens is 2. The summed E-state index contributed by atoms with van der Waals surface area (Å²) >= 11 is 13.0. The Hall–Kier alpha value is -3.20. The molecule has 0 bridgehead atoms. The highest BCUT2D eigenvalue weighted by atomic mass is 35.5. The van der Waals surface area contributed by atoms with E-state index in [4.69, 9.17) is 23.2 Å². The first-order valence-corrected chi connectivity index (χ1v) is 11.4. The van der Waals surface area contributed by atoms with Gasteiger partial charge in [-0.25, -0.2) is 4.98 Å². The Morgan fingerprint density at radius 2 is 1.82 bits per heavy atom. The van der Waals surface area contributed by atoms with Crippen LogP contribution >= 0.6 is 34.5 Å². The van der Waals surface area contributed by atoms with Crippen LogP contribution in [-0.2, 0) is 11.3 Å².